The molecule has 0 aromatic heterocycles. The summed E-state index contributed by atoms with van der Waals surface area (Å²) in [6.07, 6.45) is -4.61. The zero-order valence-corrected chi connectivity index (χ0v) is 14.0. The van der Waals surface area contributed by atoms with E-state index in [1.54, 1.807) is 6.07 Å². The van der Waals surface area contributed by atoms with Crippen LogP contribution in [0.2, 0.25) is 0 Å². The van der Waals surface area contributed by atoms with Gasteiger partial charge in [0.1, 0.15) is 16.8 Å². The molecule has 0 aliphatic rings. The Labute approximate surface area is 145 Å². The van der Waals surface area contributed by atoms with Crippen molar-refractivity contribution >= 4 is 31.1 Å². The van der Waals surface area contributed by atoms with Crippen LogP contribution in [-0.4, -0.2) is 15.5 Å². The Hall–Kier alpha value is -2.31. The zero-order chi connectivity index (χ0) is 19.0. The maximum absolute atomic E-state index is 13.9. The highest BCUT2D eigenvalue weighted by atomic mass is 35.7. The maximum atomic E-state index is 13.9. The molecule has 0 spiro atoms. The highest BCUT2D eigenvalue weighted by molar-refractivity contribution is 8.13. The van der Waals surface area contributed by atoms with Crippen LogP contribution in [0.25, 0.3) is 0 Å². The maximum Gasteiger partial charge on any atom is 0.416 e. The molecule has 0 heterocycles. The average Bonchev–Trinajstić information content (AvgIpc) is 2.51. The van der Waals surface area contributed by atoms with Crippen LogP contribution in [0, 0.1) is 17.1 Å². The fraction of sp³-hybridized carbons (Fsp3) is 0.133. The standard InChI is InChI=1S/C15H9ClF4N2O2S/c1-22(11-3-5-14(12(17)7-11)25(16,23)24)13-4-2-10(15(18,19)20)6-9(13)8-21/h2-7H,1H3. The van der Waals surface area contributed by atoms with E-state index in [0.717, 1.165) is 24.3 Å². The lowest BCUT2D eigenvalue weighted by atomic mass is 10.1. The summed E-state index contributed by atoms with van der Waals surface area (Å²) < 4.78 is 74.5. The van der Waals surface area contributed by atoms with Gasteiger partial charge < -0.3 is 4.90 Å². The Bertz CT molecular complexity index is 968. The van der Waals surface area contributed by atoms with Gasteiger partial charge in [-0.2, -0.15) is 18.4 Å². The molecule has 0 bridgehead atoms. The SMILES string of the molecule is CN(c1ccc(S(=O)(=O)Cl)c(F)c1)c1ccc(C(F)(F)F)cc1C#N. The first kappa shape index (κ1) is 19.0. The van der Waals surface area contributed by atoms with E-state index in [2.05, 4.69) is 0 Å². The number of benzene rings is 2. The van der Waals surface area contributed by atoms with Gasteiger partial charge in [-0.25, -0.2) is 12.8 Å². The van der Waals surface area contributed by atoms with Crippen LogP contribution < -0.4 is 4.90 Å². The third kappa shape index (κ3) is 4.03. The van der Waals surface area contributed by atoms with Gasteiger partial charge in [0, 0.05) is 23.4 Å². The van der Waals surface area contributed by atoms with E-state index < -0.39 is 31.5 Å². The number of nitriles is 1. The topological polar surface area (TPSA) is 61.2 Å². The fourth-order valence-electron chi connectivity index (χ4n) is 2.13. The van der Waals surface area contributed by atoms with Crippen molar-refractivity contribution in [1.29, 1.82) is 5.26 Å². The normalized spacial score (nSPS) is 11.9. The average molecular weight is 393 g/mol. The molecule has 2 aromatic carbocycles. The summed E-state index contributed by atoms with van der Waals surface area (Å²) >= 11 is 0. The number of alkyl halides is 3. The number of hydrogen-bond acceptors (Lipinski definition) is 4. The molecule has 0 atom stereocenters. The van der Waals surface area contributed by atoms with Crippen molar-refractivity contribution in [2.75, 3.05) is 11.9 Å². The zero-order valence-electron chi connectivity index (χ0n) is 12.5. The van der Waals surface area contributed by atoms with E-state index in [4.69, 9.17) is 15.9 Å². The molecule has 4 nitrogen and oxygen atoms in total. The van der Waals surface area contributed by atoms with Crippen molar-refractivity contribution in [2.24, 2.45) is 0 Å². The monoisotopic (exact) mass is 392 g/mol. The van der Waals surface area contributed by atoms with Crippen molar-refractivity contribution in [1.82, 2.24) is 0 Å². The van der Waals surface area contributed by atoms with E-state index in [1.807, 2.05) is 0 Å². The van der Waals surface area contributed by atoms with Crippen molar-refractivity contribution in [2.45, 2.75) is 11.1 Å². The molecule has 0 N–H and O–H groups in total. The predicted octanol–water partition coefficient (Wildman–Crippen LogP) is 4.41. The second-order valence-corrected chi connectivity index (χ2v) is 7.49. The summed E-state index contributed by atoms with van der Waals surface area (Å²) in [5.74, 6) is -1.12. The highest BCUT2D eigenvalue weighted by Crippen LogP contribution is 2.35. The molecule has 132 valence electrons. The fourth-order valence-corrected chi connectivity index (χ4v) is 3.03. The van der Waals surface area contributed by atoms with E-state index in [9.17, 15) is 26.0 Å². The van der Waals surface area contributed by atoms with E-state index in [0.29, 0.717) is 6.07 Å². The largest absolute Gasteiger partial charge is 0.416 e. The lowest BCUT2D eigenvalue weighted by Gasteiger charge is -2.22. The summed E-state index contributed by atoms with van der Waals surface area (Å²) in [6.45, 7) is 0. The number of rotatable bonds is 3. The van der Waals surface area contributed by atoms with Gasteiger partial charge in [-0.3, -0.25) is 0 Å². The molecule has 0 amide bonds. The molecule has 0 fully saturated rings. The molecule has 10 heteroatoms. The molecule has 0 aliphatic carbocycles. The minimum atomic E-state index is -4.61. The van der Waals surface area contributed by atoms with Gasteiger partial charge in [-0.15, -0.1) is 0 Å². The third-order valence-corrected chi connectivity index (χ3v) is 4.73. The summed E-state index contributed by atoms with van der Waals surface area (Å²) in [5, 5.41) is 9.09. The minimum Gasteiger partial charge on any atom is -0.343 e. The molecule has 0 radical (unpaired) electrons. The molecular formula is C15H9ClF4N2O2S. The van der Waals surface area contributed by atoms with Crippen LogP contribution >= 0.6 is 10.7 Å². The van der Waals surface area contributed by atoms with Crippen molar-refractivity contribution in [3.05, 3.63) is 53.3 Å². The van der Waals surface area contributed by atoms with Gasteiger partial charge >= 0.3 is 6.18 Å². The first-order valence-electron chi connectivity index (χ1n) is 6.54. The first-order valence-corrected chi connectivity index (χ1v) is 8.85. The van der Waals surface area contributed by atoms with Crippen LogP contribution in [0.5, 0.6) is 0 Å². The van der Waals surface area contributed by atoms with Gasteiger partial charge in [-0.1, -0.05) is 0 Å². The molecule has 0 unspecified atom stereocenters. The summed E-state index contributed by atoms with van der Waals surface area (Å²) in [7, 11) is 2.21. The van der Waals surface area contributed by atoms with E-state index in [-0.39, 0.29) is 16.9 Å². The van der Waals surface area contributed by atoms with Crippen LogP contribution in [0.4, 0.5) is 28.9 Å². The van der Waals surface area contributed by atoms with E-state index in [1.165, 1.54) is 18.0 Å². The lowest BCUT2D eigenvalue weighted by molar-refractivity contribution is -0.137. The Morgan fingerprint density at radius 2 is 1.80 bits per heavy atom. The number of halogens is 5. The van der Waals surface area contributed by atoms with Crippen LogP contribution in [-0.2, 0) is 15.2 Å². The number of nitrogens with zero attached hydrogens (tertiary/aromatic N) is 2. The smallest absolute Gasteiger partial charge is 0.343 e. The predicted molar refractivity (Wildman–Crippen MR) is 83.7 cm³/mol. The van der Waals surface area contributed by atoms with Crippen LogP contribution in [0.15, 0.2) is 41.3 Å². The van der Waals surface area contributed by atoms with E-state index >= 15 is 0 Å². The third-order valence-electron chi connectivity index (χ3n) is 3.37. The van der Waals surface area contributed by atoms with Crippen molar-refractivity contribution in [3.8, 4) is 6.07 Å². The molecule has 0 saturated carbocycles. The molecular weight excluding hydrogens is 384 g/mol. The number of hydrogen-bond donors (Lipinski definition) is 0. The Morgan fingerprint density at radius 1 is 1.16 bits per heavy atom. The first-order chi connectivity index (χ1) is 11.4. The van der Waals surface area contributed by atoms with Crippen LogP contribution in [0.1, 0.15) is 11.1 Å². The van der Waals surface area contributed by atoms with Crippen molar-refractivity contribution < 1.29 is 26.0 Å². The lowest BCUT2D eigenvalue weighted by Crippen LogP contribution is -2.13. The minimum absolute atomic E-state index is 0.0939. The van der Waals surface area contributed by atoms with Gasteiger partial charge in [0.2, 0.25) is 0 Å². The summed E-state index contributed by atoms with van der Waals surface area (Å²) in [5.41, 5.74) is -1.04. The Morgan fingerprint density at radius 3 is 2.28 bits per heavy atom. The van der Waals surface area contributed by atoms with Crippen LogP contribution in [0.3, 0.4) is 0 Å². The van der Waals surface area contributed by atoms with Gasteiger partial charge in [0.05, 0.1) is 16.8 Å². The van der Waals surface area contributed by atoms with Crippen molar-refractivity contribution in [3.63, 3.8) is 0 Å². The quantitative estimate of drug-likeness (QED) is 0.573. The van der Waals surface area contributed by atoms with Gasteiger partial charge in [-0.05, 0) is 36.4 Å². The summed E-state index contributed by atoms with van der Waals surface area (Å²) in [4.78, 5) is 0.533. The number of anilines is 2. The molecule has 0 aliphatic heterocycles. The molecule has 2 aromatic rings. The Kier molecular flexibility index (Phi) is 4.97. The van der Waals surface area contributed by atoms with Gasteiger partial charge in [0.15, 0.2) is 0 Å². The highest BCUT2D eigenvalue weighted by Gasteiger charge is 2.31. The Balaban J connectivity index is 2.50. The summed E-state index contributed by atoms with van der Waals surface area (Å²) in [6, 6.07) is 7.21. The molecule has 0 saturated heterocycles. The molecule has 25 heavy (non-hydrogen) atoms. The second kappa shape index (κ2) is 6.54. The molecule has 2 rings (SSSR count). The van der Waals surface area contributed by atoms with Gasteiger partial charge in [0.25, 0.3) is 9.05 Å². The second-order valence-electron chi connectivity index (χ2n) is 4.95.